The van der Waals surface area contributed by atoms with E-state index in [1.54, 1.807) is 6.92 Å². The second kappa shape index (κ2) is 7.57. The molecule has 1 aromatic carbocycles. The van der Waals surface area contributed by atoms with E-state index in [2.05, 4.69) is 27.5 Å². The highest BCUT2D eigenvalue weighted by Gasteiger charge is 2.22. The average molecular weight is 365 g/mol. The molecule has 7 nitrogen and oxygen atoms in total. The van der Waals surface area contributed by atoms with E-state index in [0.717, 1.165) is 18.4 Å². The van der Waals surface area contributed by atoms with Gasteiger partial charge in [-0.25, -0.2) is 0 Å². The first kappa shape index (κ1) is 17.2. The Morgan fingerprint density at radius 3 is 2.89 bits per heavy atom. The number of carbonyl (C=O) groups is 1. The normalized spacial score (nSPS) is 16.0. The number of allylic oxidation sites excluding steroid dienone is 2. The van der Waals surface area contributed by atoms with E-state index in [1.807, 2.05) is 30.3 Å². The van der Waals surface area contributed by atoms with Crippen molar-refractivity contribution in [1.82, 2.24) is 15.4 Å². The first-order valence-corrected chi connectivity index (χ1v) is 8.87. The van der Waals surface area contributed by atoms with Crippen LogP contribution in [0.5, 0.6) is 0 Å². The summed E-state index contributed by atoms with van der Waals surface area (Å²) in [5.74, 6) is 1.10. The Morgan fingerprint density at radius 1 is 1.26 bits per heavy atom. The van der Waals surface area contributed by atoms with Gasteiger partial charge in [-0.2, -0.15) is 0 Å². The number of rotatable bonds is 6. The number of hydrogen-bond donors (Lipinski definition) is 0. The van der Waals surface area contributed by atoms with Gasteiger partial charge < -0.3 is 13.7 Å². The van der Waals surface area contributed by atoms with Crippen molar-refractivity contribution < 1.29 is 18.5 Å². The summed E-state index contributed by atoms with van der Waals surface area (Å²) in [5, 5.41) is 12.2. The Hall–Kier alpha value is -3.22. The molecule has 0 fully saturated rings. The van der Waals surface area contributed by atoms with Gasteiger partial charge in [0.1, 0.15) is 17.0 Å². The fraction of sp³-hybridized carbons (Fsp3) is 0.300. The fourth-order valence-electron chi connectivity index (χ4n) is 3.11. The summed E-state index contributed by atoms with van der Waals surface area (Å²) in [6.07, 6.45) is 6.54. The van der Waals surface area contributed by atoms with Gasteiger partial charge in [-0.05, 0) is 25.7 Å². The maximum Gasteiger partial charge on any atom is 0.306 e. The van der Waals surface area contributed by atoms with Crippen LogP contribution in [0.15, 0.2) is 51.4 Å². The Kier molecular flexibility index (Phi) is 4.82. The van der Waals surface area contributed by atoms with Crippen LogP contribution in [0.25, 0.3) is 22.7 Å². The van der Waals surface area contributed by atoms with Gasteiger partial charge in [-0.3, -0.25) is 4.79 Å². The Labute approximate surface area is 156 Å². The molecule has 0 aliphatic heterocycles. The zero-order chi connectivity index (χ0) is 18.6. The van der Waals surface area contributed by atoms with Crippen LogP contribution in [0.4, 0.5) is 0 Å². The topological polar surface area (TPSA) is 91.3 Å². The molecule has 1 aliphatic rings. The van der Waals surface area contributed by atoms with Gasteiger partial charge >= 0.3 is 5.97 Å². The van der Waals surface area contributed by atoms with Crippen molar-refractivity contribution in [1.29, 1.82) is 0 Å². The largest absolute Gasteiger partial charge is 0.456 e. The van der Waals surface area contributed by atoms with Crippen LogP contribution in [0.3, 0.4) is 0 Å². The summed E-state index contributed by atoms with van der Waals surface area (Å²) in [7, 11) is 0. The predicted octanol–water partition coefficient (Wildman–Crippen LogP) is 4.10. The Morgan fingerprint density at radius 2 is 2.11 bits per heavy atom. The van der Waals surface area contributed by atoms with Crippen molar-refractivity contribution in [2.75, 3.05) is 0 Å². The van der Waals surface area contributed by atoms with Crippen molar-refractivity contribution >= 4 is 5.97 Å². The third-order valence-electron chi connectivity index (χ3n) is 4.49. The number of nitrogens with zero attached hydrogens (tertiary/aromatic N) is 3. The molecule has 1 atom stereocenters. The molecule has 2 heterocycles. The number of hydrogen-bond acceptors (Lipinski definition) is 7. The SMILES string of the molecule is Cc1onc(-c2ccccc2)c1-c1nnc(COC(=O)C[C@H]2C=CCC2)o1. The number of esters is 1. The van der Waals surface area contributed by atoms with Crippen molar-refractivity contribution in [3.8, 4) is 22.7 Å². The second-order valence-corrected chi connectivity index (χ2v) is 6.46. The highest BCUT2D eigenvalue weighted by Crippen LogP contribution is 2.33. The lowest BCUT2D eigenvalue weighted by Gasteiger charge is -2.06. The van der Waals surface area contributed by atoms with Gasteiger partial charge in [0, 0.05) is 5.56 Å². The number of carbonyl (C=O) groups excluding carboxylic acids is 1. The number of ether oxygens (including phenoxy) is 1. The lowest BCUT2D eigenvalue weighted by molar-refractivity contribution is -0.146. The number of aryl methyl sites for hydroxylation is 1. The average Bonchev–Trinajstić information content (AvgIpc) is 3.42. The third kappa shape index (κ3) is 3.81. The van der Waals surface area contributed by atoms with Crippen LogP contribution in [-0.4, -0.2) is 21.3 Å². The lowest BCUT2D eigenvalue weighted by Crippen LogP contribution is -2.09. The number of aromatic nitrogens is 3. The van der Waals surface area contributed by atoms with Gasteiger partial charge in [0.05, 0.1) is 6.42 Å². The molecule has 0 saturated heterocycles. The molecule has 4 rings (SSSR count). The lowest BCUT2D eigenvalue weighted by atomic mass is 10.1. The Bertz CT molecular complexity index is 959. The minimum Gasteiger partial charge on any atom is -0.456 e. The summed E-state index contributed by atoms with van der Waals surface area (Å²) >= 11 is 0. The molecule has 0 unspecified atom stereocenters. The highest BCUT2D eigenvalue weighted by molar-refractivity contribution is 5.77. The molecule has 0 amide bonds. The van der Waals surface area contributed by atoms with E-state index in [4.69, 9.17) is 13.7 Å². The van der Waals surface area contributed by atoms with E-state index in [1.165, 1.54) is 0 Å². The summed E-state index contributed by atoms with van der Waals surface area (Å²) in [6.45, 7) is 1.74. The zero-order valence-corrected chi connectivity index (χ0v) is 14.9. The minimum absolute atomic E-state index is 0.0483. The Balaban J connectivity index is 1.46. The fourth-order valence-corrected chi connectivity index (χ4v) is 3.11. The van der Waals surface area contributed by atoms with Crippen LogP contribution < -0.4 is 0 Å². The summed E-state index contributed by atoms with van der Waals surface area (Å²) in [4.78, 5) is 11.9. The molecule has 0 spiro atoms. The van der Waals surface area contributed by atoms with Gasteiger partial charge in [-0.15, -0.1) is 10.2 Å². The van der Waals surface area contributed by atoms with Crippen molar-refractivity contribution in [3.63, 3.8) is 0 Å². The van der Waals surface area contributed by atoms with E-state index < -0.39 is 0 Å². The molecule has 1 aliphatic carbocycles. The quantitative estimate of drug-likeness (QED) is 0.480. The molecular formula is C20H19N3O4. The third-order valence-corrected chi connectivity index (χ3v) is 4.49. The van der Waals surface area contributed by atoms with Crippen LogP contribution in [0.2, 0.25) is 0 Å². The molecule has 0 N–H and O–H groups in total. The van der Waals surface area contributed by atoms with E-state index in [0.29, 0.717) is 23.4 Å². The van der Waals surface area contributed by atoms with E-state index in [-0.39, 0.29) is 30.3 Å². The van der Waals surface area contributed by atoms with Crippen molar-refractivity contribution in [2.45, 2.75) is 32.8 Å². The molecule has 2 aromatic heterocycles. The van der Waals surface area contributed by atoms with Gasteiger partial charge in [0.25, 0.3) is 11.8 Å². The van der Waals surface area contributed by atoms with Crippen LogP contribution in [0, 0.1) is 12.8 Å². The molecule has 138 valence electrons. The van der Waals surface area contributed by atoms with Crippen molar-refractivity contribution in [2.24, 2.45) is 5.92 Å². The molecule has 0 radical (unpaired) electrons. The molecular weight excluding hydrogens is 346 g/mol. The smallest absolute Gasteiger partial charge is 0.306 e. The number of benzene rings is 1. The monoisotopic (exact) mass is 365 g/mol. The first-order chi connectivity index (χ1) is 13.2. The highest BCUT2D eigenvalue weighted by atomic mass is 16.5. The van der Waals surface area contributed by atoms with Gasteiger partial charge in [0.2, 0.25) is 0 Å². The summed E-state index contributed by atoms with van der Waals surface area (Å²) in [6, 6.07) is 9.62. The zero-order valence-electron chi connectivity index (χ0n) is 14.9. The predicted molar refractivity (Wildman–Crippen MR) is 96.2 cm³/mol. The standard InChI is InChI=1S/C20H19N3O4/c1-13-18(19(23-27-13)15-9-3-2-4-10-15)20-22-21-16(26-20)12-25-17(24)11-14-7-5-6-8-14/h2-5,7,9-10,14H,6,8,11-12H2,1H3/t14-/m0/s1. The molecule has 0 bridgehead atoms. The molecule has 27 heavy (non-hydrogen) atoms. The van der Waals surface area contributed by atoms with Crippen LogP contribution in [0.1, 0.15) is 30.9 Å². The molecule has 0 saturated carbocycles. The maximum atomic E-state index is 11.9. The minimum atomic E-state index is -0.266. The van der Waals surface area contributed by atoms with Crippen LogP contribution >= 0.6 is 0 Å². The van der Waals surface area contributed by atoms with E-state index >= 15 is 0 Å². The second-order valence-electron chi connectivity index (χ2n) is 6.46. The van der Waals surface area contributed by atoms with Crippen LogP contribution in [-0.2, 0) is 16.1 Å². The van der Waals surface area contributed by atoms with E-state index in [9.17, 15) is 4.79 Å². The molecule has 3 aromatic rings. The first-order valence-electron chi connectivity index (χ1n) is 8.87. The van der Waals surface area contributed by atoms with Gasteiger partial charge in [0.15, 0.2) is 6.61 Å². The maximum absolute atomic E-state index is 11.9. The van der Waals surface area contributed by atoms with Crippen molar-refractivity contribution in [3.05, 3.63) is 54.1 Å². The summed E-state index contributed by atoms with van der Waals surface area (Å²) in [5.41, 5.74) is 2.16. The summed E-state index contributed by atoms with van der Waals surface area (Å²) < 4.78 is 16.3. The molecule has 7 heteroatoms. The van der Waals surface area contributed by atoms with Gasteiger partial charge in [-0.1, -0.05) is 47.6 Å².